The molecule has 0 aromatic heterocycles. The minimum atomic E-state index is -4.47. The van der Waals surface area contributed by atoms with Gasteiger partial charge in [-0.1, -0.05) is 78.9 Å². The molecular formula is C25H21F3N2O. The molecule has 2 N–H and O–H groups in total. The Bertz CT molecular complexity index is 1070. The van der Waals surface area contributed by atoms with Gasteiger partial charge >= 0.3 is 6.18 Å². The molecule has 0 saturated heterocycles. The summed E-state index contributed by atoms with van der Waals surface area (Å²) >= 11 is 0. The Labute approximate surface area is 178 Å². The highest BCUT2D eigenvalue weighted by Crippen LogP contribution is 2.41. The molecule has 3 aromatic carbocycles. The minimum absolute atomic E-state index is 0.00356. The van der Waals surface area contributed by atoms with Crippen molar-refractivity contribution in [1.29, 1.82) is 0 Å². The predicted molar refractivity (Wildman–Crippen MR) is 114 cm³/mol. The Hall–Kier alpha value is -3.41. The molecule has 158 valence electrons. The number of halogens is 3. The second kappa shape index (κ2) is 8.02. The zero-order valence-electron chi connectivity index (χ0n) is 16.6. The van der Waals surface area contributed by atoms with Crippen molar-refractivity contribution in [1.82, 2.24) is 0 Å². The van der Waals surface area contributed by atoms with E-state index in [1.165, 1.54) is 12.1 Å². The van der Waals surface area contributed by atoms with Crippen LogP contribution in [0.1, 0.15) is 28.7 Å². The lowest BCUT2D eigenvalue weighted by molar-refractivity contribution is -0.138. The van der Waals surface area contributed by atoms with E-state index in [4.69, 9.17) is 5.73 Å². The summed E-state index contributed by atoms with van der Waals surface area (Å²) in [5.74, 6) is -0.602. The number of carbonyl (C=O) groups excluding carboxylic acids is 1. The average molecular weight is 422 g/mol. The highest BCUT2D eigenvalue weighted by atomic mass is 19.4. The summed E-state index contributed by atoms with van der Waals surface area (Å²) in [6, 6.07) is 23.7. The molecular weight excluding hydrogens is 401 g/mol. The van der Waals surface area contributed by atoms with Crippen LogP contribution in [0.4, 0.5) is 13.2 Å². The molecule has 0 bridgehead atoms. The number of ketones is 1. The van der Waals surface area contributed by atoms with E-state index in [1.54, 1.807) is 6.07 Å². The van der Waals surface area contributed by atoms with Crippen LogP contribution >= 0.6 is 0 Å². The Morgan fingerprint density at radius 1 is 0.871 bits per heavy atom. The fraction of sp³-hybridized carbons (Fsp3) is 0.200. The number of hydrogen-bond donors (Lipinski definition) is 1. The van der Waals surface area contributed by atoms with E-state index in [0.29, 0.717) is 11.1 Å². The van der Waals surface area contributed by atoms with Gasteiger partial charge in [-0.05, 0) is 29.2 Å². The summed E-state index contributed by atoms with van der Waals surface area (Å²) < 4.78 is 40.2. The fourth-order valence-electron chi connectivity index (χ4n) is 4.22. The number of nitrogens with zero attached hydrogens (tertiary/aromatic N) is 1. The summed E-state index contributed by atoms with van der Waals surface area (Å²) in [4.78, 5) is 18.2. The molecule has 0 amide bonds. The molecule has 31 heavy (non-hydrogen) atoms. The van der Waals surface area contributed by atoms with Crippen LogP contribution in [0.25, 0.3) is 0 Å². The molecule has 1 heterocycles. The van der Waals surface area contributed by atoms with Gasteiger partial charge in [0.05, 0.1) is 11.4 Å². The Balaban J connectivity index is 1.78. The molecule has 0 radical (unpaired) electrons. The van der Waals surface area contributed by atoms with Gasteiger partial charge in [-0.2, -0.15) is 13.2 Å². The lowest BCUT2D eigenvalue weighted by Gasteiger charge is -2.36. The summed E-state index contributed by atoms with van der Waals surface area (Å²) in [7, 11) is 0. The Morgan fingerprint density at radius 3 is 1.94 bits per heavy atom. The lowest BCUT2D eigenvalue weighted by Crippen LogP contribution is -2.46. The molecule has 0 saturated carbocycles. The quantitative estimate of drug-likeness (QED) is 0.633. The number of Topliss-reactive ketones (excluding diaryl/α,β-unsaturated/α-hetero) is 1. The SMILES string of the molecule is NC1=NC(c2ccccc2)(c2ccccc2)C(=O)CC1Cc1ccccc1C(F)(F)F. The smallest absolute Gasteiger partial charge is 0.387 e. The van der Waals surface area contributed by atoms with Gasteiger partial charge < -0.3 is 5.73 Å². The van der Waals surface area contributed by atoms with Crippen LogP contribution in [0.3, 0.4) is 0 Å². The van der Waals surface area contributed by atoms with Crippen LogP contribution in [0.5, 0.6) is 0 Å². The number of amidine groups is 1. The third-order valence-corrected chi connectivity index (χ3v) is 5.72. The van der Waals surface area contributed by atoms with E-state index in [1.807, 2.05) is 60.7 Å². The summed E-state index contributed by atoms with van der Waals surface area (Å²) in [6.45, 7) is 0. The number of alkyl halides is 3. The summed E-state index contributed by atoms with van der Waals surface area (Å²) in [5.41, 5.74) is 5.78. The number of aliphatic imine (C=N–C) groups is 1. The number of rotatable bonds is 4. The van der Waals surface area contributed by atoms with Gasteiger partial charge in [0.25, 0.3) is 0 Å². The molecule has 0 aliphatic carbocycles. The molecule has 3 nitrogen and oxygen atoms in total. The molecule has 0 spiro atoms. The molecule has 1 aliphatic heterocycles. The van der Waals surface area contributed by atoms with E-state index in [9.17, 15) is 18.0 Å². The minimum Gasteiger partial charge on any atom is -0.387 e. The molecule has 0 fully saturated rings. The van der Waals surface area contributed by atoms with E-state index < -0.39 is 23.2 Å². The fourth-order valence-corrected chi connectivity index (χ4v) is 4.22. The van der Waals surface area contributed by atoms with Crippen LogP contribution in [-0.4, -0.2) is 11.6 Å². The average Bonchev–Trinajstić information content (AvgIpc) is 2.77. The van der Waals surface area contributed by atoms with E-state index in [0.717, 1.165) is 6.07 Å². The maximum absolute atomic E-state index is 13.6. The summed E-state index contributed by atoms with van der Waals surface area (Å²) in [6.07, 6.45) is -4.47. The van der Waals surface area contributed by atoms with Crippen molar-refractivity contribution in [3.05, 3.63) is 107 Å². The lowest BCUT2D eigenvalue weighted by atomic mass is 9.73. The maximum Gasteiger partial charge on any atom is 0.416 e. The first-order chi connectivity index (χ1) is 14.8. The number of hydrogen-bond acceptors (Lipinski definition) is 3. The van der Waals surface area contributed by atoms with Crippen molar-refractivity contribution in [2.75, 3.05) is 0 Å². The van der Waals surface area contributed by atoms with Crippen molar-refractivity contribution in [3.8, 4) is 0 Å². The van der Waals surface area contributed by atoms with Gasteiger partial charge in [0.15, 0.2) is 11.3 Å². The topological polar surface area (TPSA) is 55.4 Å². The number of nitrogens with two attached hydrogens (primary N) is 1. The van der Waals surface area contributed by atoms with E-state index in [2.05, 4.69) is 4.99 Å². The largest absolute Gasteiger partial charge is 0.416 e. The predicted octanol–water partition coefficient (Wildman–Crippen LogP) is 5.14. The Morgan fingerprint density at radius 2 is 1.39 bits per heavy atom. The molecule has 1 atom stereocenters. The molecule has 4 rings (SSSR count). The van der Waals surface area contributed by atoms with Crippen LogP contribution in [0.2, 0.25) is 0 Å². The van der Waals surface area contributed by atoms with Crippen LogP contribution in [0, 0.1) is 5.92 Å². The van der Waals surface area contributed by atoms with Crippen LogP contribution in [-0.2, 0) is 22.9 Å². The van der Waals surface area contributed by atoms with Crippen molar-refractivity contribution < 1.29 is 18.0 Å². The van der Waals surface area contributed by atoms with Crippen molar-refractivity contribution >= 4 is 11.6 Å². The maximum atomic E-state index is 13.6. The Kier molecular flexibility index (Phi) is 5.39. The summed E-state index contributed by atoms with van der Waals surface area (Å²) in [5, 5.41) is 0. The molecule has 3 aromatic rings. The van der Waals surface area contributed by atoms with Crippen molar-refractivity contribution in [2.24, 2.45) is 16.6 Å². The second-order valence-corrected chi connectivity index (χ2v) is 7.66. The third-order valence-electron chi connectivity index (χ3n) is 5.72. The van der Waals surface area contributed by atoms with E-state index in [-0.39, 0.29) is 30.0 Å². The highest BCUT2D eigenvalue weighted by Gasteiger charge is 2.46. The normalized spacial score (nSPS) is 18.5. The first-order valence-electron chi connectivity index (χ1n) is 9.97. The van der Waals surface area contributed by atoms with Gasteiger partial charge in [0, 0.05) is 12.3 Å². The molecule has 6 heteroatoms. The zero-order valence-corrected chi connectivity index (χ0v) is 16.6. The van der Waals surface area contributed by atoms with Gasteiger partial charge in [-0.3, -0.25) is 4.79 Å². The van der Waals surface area contributed by atoms with Crippen molar-refractivity contribution in [2.45, 2.75) is 24.6 Å². The second-order valence-electron chi connectivity index (χ2n) is 7.66. The molecule has 1 unspecified atom stereocenters. The van der Waals surface area contributed by atoms with Gasteiger partial charge in [0.1, 0.15) is 0 Å². The number of carbonyl (C=O) groups is 1. The van der Waals surface area contributed by atoms with Crippen LogP contribution < -0.4 is 5.73 Å². The van der Waals surface area contributed by atoms with E-state index >= 15 is 0 Å². The molecule has 1 aliphatic rings. The van der Waals surface area contributed by atoms with Gasteiger partial charge in [-0.15, -0.1) is 0 Å². The first kappa shape index (κ1) is 20.8. The van der Waals surface area contributed by atoms with Crippen molar-refractivity contribution in [3.63, 3.8) is 0 Å². The van der Waals surface area contributed by atoms with Gasteiger partial charge in [0.2, 0.25) is 0 Å². The van der Waals surface area contributed by atoms with Gasteiger partial charge in [-0.25, -0.2) is 4.99 Å². The first-order valence-corrected chi connectivity index (χ1v) is 9.97. The standard InChI is InChI=1S/C25H21F3N2O/c26-25(27,28)21-14-8-7-9-17(21)15-18-16-22(31)24(30-23(18)29,19-10-3-1-4-11-19)20-12-5-2-6-13-20/h1-14,18H,15-16H2,(H2,29,30). The monoisotopic (exact) mass is 422 g/mol. The van der Waals surface area contributed by atoms with Crippen LogP contribution in [0.15, 0.2) is 89.9 Å². The number of benzene rings is 3. The highest BCUT2D eigenvalue weighted by molar-refractivity contribution is 6.02. The third kappa shape index (κ3) is 3.85. The zero-order chi connectivity index (χ0) is 22.1.